The summed E-state index contributed by atoms with van der Waals surface area (Å²) in [4.78, 5) is 14.2. The van der Waals surface area contributed by atoms with Gasteiger partial charge in [0.05, 0.1) is 16.7 Å². The van der Waals surface area contributed by atoms with Crippen LogP contribution in [0, 0.1) is 0 Å². The van der Waals surface area contributed by atoms with E-state index >= 15 is 0 Å². The molecule has 9 heteroatoms. The number of ether oxygens (including phenoxy) is 1. The van der Waals surface area contributed by atoms with E-state index in [1.165, 1.54) is 0 Å². The van der Waals surface area contributed by atoms with Crippen LogP contribution in [0.2, 0.25) is 5.02 Å². The Bertz CT molecular complexity index is 939. The van der Waals surface area contributed by atoms with Gasteiger partial charge in [0.2, 0.25) is 0 Å². The summed E-state index contributed by atoms with van der Waals surface area (Å²) < 4.78 is 9.88. The van der Waals surface area contributed by atoms with E-state index in [4.69, 9.17) is 16.3 Å². The molecule has 1 amide bonds. The van der Waals surface area contributed by atoms with E-state index in [0.717, 1.165) is 16.7 Å². The Morgan fingerprint density at radius 1 is 1.30 bits per heavy atom. The molecule has 0 saturated carbocycles. The maximum absolute atomic E-state index is 12.6. The Balaban J connectivity index is 1.60. The summed E-state index contributed by atoms with van der Waals surface area (Å²) in [6.07, 6.45) is 3.60. The molecule has 0 unspecified atom stereocenters. The molecule has 0 radical (unpaired) electrons. The maximum atomic E-state index is 12.6. The summed E-state index contributed by atoms with van der Waals surface area (Å²) in [6.45, 7) is 3.35. The summed E-state index contributed by atoms with van der Waals surface area (Å²) in [6, 6.07) is 8.78. The minimum atomic E-state index is -0.186. The first-order valence-corrected chi connectivity index (χ1v) is 9.52. The topological polar surface area (TPSA) is 65.2 Å². The molecule has 1 aromatic carbocycles. The molecule has 0 saturated heterocycles. The first-order valence-electron chi connectivity index (χ1n) is 8.35. The van der Waals surface area contributed by atoms with E-state index in [1.807, 2.05) is 29.9 Å². The summed E-state index contributed by atoms with van der Waals surface area (Å²) in [5.74, 6) is 0.453. The van der Waals surface area contributed by atoms with Gasteiger partial charge in [-0.05, 0) is 47.1 Å². The van der Waals surface area contributed by atoms with Crippen molar-refractivity contribution in [2.24, 2.45) is 0 Å². The number of hydrogen-bond donors (Lipinski definition) is 0. The smallest absolute Gasteiger partial charge is 0.274 e. The zero-order valence-corrected chi connectivity index (χ0v) is 17.3. The van der Waals surface area contributed by atoms with Crippen LogP contribution < -0.4 is 4.74 Å². The van der Waals surface area contributed by atoms with Gasteiger partial charge in [-0.15, -0.1) is 0 Å². The third-order valence-electron chi connectivity index (χ3n) is 3.86. The molecular weight excluding hydrogens is 434 g/mol. The van der Waals surface area contributed by atoms with Crippen LogP contribution in [-0.4, -0.2) is 37.4 Å². The van der Waals surface area contributed by atoms with Crippen molar-refractivity contribution >= 4 is 33.4 Å². The fraction of sp³-hybridized carbons (Fsp3) is 0.278. The summed E-state index contributed by atoms with van der Waals surface area (Å²) in [5.41, 5.74) is 1.15. The highest BCUT2D eigenvalue weighted by atomic mass is 79.9. The molecule has 0 atom stereocenters. The van der Waals surface area contributed by atoms with Gasteiger partial charge in [0, 0.05) is 31.0 Å². The largest absolute Gasteiger partial charge is 0.471 e. The maximum Gasteiger partial charge on any atom is 0.274 e. The minimum absolute atomic E-state index is 0.184. The van der Waals surface area contributed by atoms with Crippen molar-refractivity contribution in [2.75, 3.05) is 7.05 Å². The normalized spacial score (nSPS) is 10.8. The highest BCUT2D eigenvalue weighted by Gasteiger charge is 2.18. The zero-order chi connectivity index (χ0) is 19.4. The fourth-order valence-corrected chi connectivity index (χ4v) is 3.06. The first kappa shape index (κ1) is 19.4. The molecule has 0 fully saturated rings. The standard InChI is InChI=1S/C18H19BrClN5O2/c1-3-24-10-15(19)17(22-24)11-23(2)18(26)16-7-8-25(21-16)12-27-14-6-4-5-13(20)9-14/h4-10H,3,11-12H2,1-2H3. The monoisotopic (exact) mass is 451 g/mol. The molecule has 142 valence electrons. The summed E-state index contributed by atoms with van der Waals surface area (Å²) >= 11 is 9.41. The van der Waals surface area contributed by atoms with Gasteiger partial charge in [-0.25, -0.2) is 4.68 Å². The third-order valence-corrected chi connectivity index (χ3v) is 4.76. The van der Waals surface area contributed by atoms with Gasteiger partial charge in [0.25, 0.3) is 5.91 Å². The van der Waals surface area contributed by atoms with Crippen molar-refractivity contribution in [3.8, 4) is 5.75 Å². The number of rotatable bonds is 7. The van der Waals surface area contributed by atoms with Crippen LogP contribution in [-0.2, 0) is 19.8 Å². The molecule has 0 bridgehead atoms. The number of hydrogen-bond acceptors (Lipinski definition) is 4. The van der Waals surface area contributed by atoms with Gasteiger partial charge in [-0.1, -0.05) is 17.7 Å². The summed E-state index contributed by atoms with van der Waals surface area (Å²) in [7, 11) is 1.72. The highest BCUT2D eigenvalue weighted by Crippen LogP contribution is 2.18. The third kappa shape index (κ3) is 4.90. The Hall–Kier alpha value is -2.32. The Morgan fingerprint density at radius 3 is 2.81 bits per heavy atom. The predicted molar refractivity (Wildman–Crippen MR) is 106 cm³/mol. The van der Waals surface area contributed by atoms with Crippen molar-refractivity contribution in [1.29, 1.82) is 0 Å². The molecule has 0 spiro atoms. The SMILES string of the molecule is CCn1cc(Br)c(CN(C)C(=O)c2ccn(COc3cccc(Cl)c3)n2)n1. The fourth-order valence-electron chi connectivity index (χ4n) is 2.44. The van der Waals surface area contributed by atoms with Crippen LogP contribution in [0.4, 0.5) is 0 Å². The van der Waals surface area contributed by atoms with Crippen molar-refractivity contribution in [1.82, 2.24) is 24.5 Å². The molecule has 3 aromatic rings. The summed E-state index contributed by atoms with van der Waals surface area (Å²) in [5, 5.41) is 9.32. The number of benzene rings is 1. The van der Waals surface area contributed by atoms with Crippen molar-refractivity contribution in [3.63, 3.8) is 0 Å². The van der Waals surface area contributed by atoms with E-state index in [0.29, 0.717) is 23.0 Å². The van der Waals surface area contributed by atoms with Gasteiger partial charge in [0.1, 0.15) is 5.75 Å². The van der Waals surface area contributed by atoms with Crippen molar-refractivity contribution in [3.05, 3.63) is 63.6 Å². The van der Waals surface area contributed by atoms with Gasteiger partial charge in [0.15, 0.2) is 12.4 Å². The van der Waals surface area contributed by atoms with Gasteiger partial charge >= 0.3 is 0 Å². The van der Waals surface area contributed by atoms with Crippen molar-refractivity contribution < 1.29 is 9.53 Å². The number of carbonyl (C=O) groups excluding carboxylic acids is 1. The lowest BCUT2D eigenvalue weighted by Gasteiger charge is -2.14. The Kier molecular flexibility index (Phi) is 6.18. The minimum Gasteiger partial charge on any atom is -0.471 e. The molecule has 0 aliphatic carbocycles. The molecular formula is C18H19BrClN5O2. The molecule has 7 nitrogen and oxygen atoms in total. The van der Waals surface area contributed by atoms with Crippen LogP contribution in [0.25, 0.3) is 0 Å². The highest BCUT2D eigenvalue weighted by molar-refractivity contribution is 9.10. The Morgan fingerprint density at radius 2 is 2.11 bits per heavy atom. The molecule has 0 N–H and O–H groups in total. The second-order valence-corrected chi connectivity index (χ2v) is 7.20. The van der Waals surface area contributed by atoms with Crippen LogP contribution in [0.15, 0.2) is 47.2 Å². The van der Waals surface area contributed by atoms with Crippen LogP contribution in [0.5, 0.6) is 5.75 Å². The van der Waals surface area contributed by atoms with E-state index in [9.17, 15) is 4.79 Å². The molecule has 2 aromatic heterocycles. The average molecular weight is 453 g/mol. The number of amides is 1. The molecule has 27 heavy (non-hydrogen) atoms. The van der Waals surface area contributed by atoms with Crippen LogP contribution in [0.1, 0.15) is 23.1 Å². The van der Waals surface area contributed by atoms with Crippen LogP contribution >= 0.6 is 27.5 Å². The second kappa shape index (κ2) is 8.58. The van der Waals surface area contributed by atoms with E-state index in [2.05, 4.69) is 26.1 Å². The number of nitrogens with zero attached hydrogens (tertiary/aromatic N) is 5. The number of aryl methyl sites for hydroxylation is 1. The number of halogens is 2. The lowest BCUT2D eigenvalue weighted by atomic mass is 10.3. The number of carbonyl (C=O) groups is 1. The molecule has 0 aliphatic rings. The quantitative estimate of drug-likeness (QED) is 0.546. The van der Waals surface area contributed by atoms with E-state index in [1.54, 1.807) is 41.0 Å². The lowest BCUT2D eigenvalue weighted by Crippen LogP contribution is -2.27. The second-order valence-electron chi connectivity index (χ2n) is 5.91. The van der Waals surface area contributed by atoms with Gasteiger partial charge in [-0.2, -0.15) is 10.2 Å². The van der Waals surface area contributed by atoms with E-state index < -0.39 is 0 Å². The zero-order valence-electron chi connectivity index (χ0n) is 15.0. The Labute approximate surface area is 170 Å². The predicted octanol–water partition coefficient (Wildman–Crippen LogP) is 3.82. The molecule has 3 rings (SSSR count). The molecule has 0 aliphatic heterocycles. The van der Waals surface area contributed by atoms with Gasteiger partial charge in [-0.3, -0.25) is 9.48 Å². The van der Waals surface area contributed by atoms with E-state index in [-0.39, 0.29) is 12.6 Å². The number of aromatic nitrogens is 4. The molecule has 2 heterocycles. The van der Waals surface area contributed by atoms with Crippen molar-refractivity contribution in [2.45, 2.75) is 26.7 Å². The average Bonchev–Trinajstić information content (AvgIpc) is 3.26. The van der Waals surface area contributed by atoms with Gasteiger partial charge < -0.3 is 9.64 Å². The van der Waals surface area contributed by atoms with Crippen LogP contribution in [0.3, 0.4) is 0 Å². The lowest BCUT2D eigenvalue weighted by molar-refractivity contribution is 0.0775. The first-order chi connectivity index (χ1) is 13.0.